The molecule has 0 spiro atoms. The van der Waals surface area contributed by atoms with Gasteiger partial charge in [0.15, 0.2) is 0 Å². The lowest BCUT2D eigenvalue weighted by atomic mass is 9.84. The zero-order valence-electron chi connectivity index (χ0n) is 21.4. The van der Waals surface area contributed by atoms with Gasteiger partial charge in [-0.2, -0.15) is 0 Å². The van der Waals surface area contributed by atoms with Gasteiger partial charge in [-0.1, -0.05) is 81.3 Å². The molecule has 36 heavy (non-hydrogen) atoms. The minimum absolute atomic E-state index is 0.140. The number of aryl methyl sites for hydroxylation is 2. The smallest absolute Gasteiger partial charge is 0.0483 e. The fraction of sp³-hybridized carbons (Fsp3) is 0.273. The first-order chi connectivity index (χ1) is 17.8. The van der Waals surface area contributed by atoms with Crippen molar-refractivity contribution in [3.05, 3.63) is 108 Å². The Labute approximate surface area is 213 Å². The Balaban J connectivity index is 1.64. The van der Waals surface area contributed by atoms with E-state index >= 15 is 0 Å². The summed E-state index contributed by atoms with van der Waals surface area (Å²) in [7, 11) is 0. The van der Waals surface area contributed by atoms with Crippen LogP contribution in [0.5, 0.6) is 0 Å². The Hall–Kier alpha value is -3.72. The monoisotopic (exact) mass is 473 g/mol. The van der Waals surface area contributed by atoms with E-state index < -0.39 is 0 Å². The molecule has 0 radical (unpaired) electrons. The van der Waals surface area contributed by atoms with Crippen LogP contribution in [0.4, 0.5) is 0 Å². The van der Waals surface area contributed by atoms with Gasteiger partial charge in [0.25, 0.3) is 0 Å². The van der Waals surface area contributed by atoms with Gasteiger partial charge in [0.05, 0.1) is 0 Å². The summed E-state index contributed by atoms with van der Waals surface area (Å²) in [6.07, 6.45) is 11.9. The maximum absolute atomic E-state index is 3.57. The lowest BCUT2D eigenvalue weighted by Crippen LogP contribution is -2.03. The van der Waals surface area contributed by atoms with Crippen LogP contribution >= 0.6 is 0 Å². The number of rotatable bonds is 9. The molecule has 0 unspecified atom stereocenters. The number of nitrogens with one attached hydrogen (secondary N) is 1. The highest BCUT2D eigenvalue weighted by Crippen LogP contribution is 2.43. The first-order valence-corrected chi connectivity index (χ1v) is 13.5. The maximum atomic E-state index is 3.57. The number of aromatic amines is 1. The third-order valence-electron chi connectivity index (χ3n) is 7.70. The number of hydrogen-bond donors (Lipinski definition) is 1. The van der Waals surface area contributed by atoms with Crippen LogP contribution in [-0.4, -0.2) is 14.1 Å². The molecule has 0 bridgehead atoms. The van der Waals surface area contributed by atoms with Crippen LogP contribution in [0.2, 0.25) is 0 Å². The molecule has 182 valence electrons. The van der Waals surface area contributed by atoms with Crippen LogP contribution in [-0.2, 0) is 13.1 Å². The van der Waals surface area contributed by atoms with Gasteiger partial charge in [-0.15, -0.1) is 0 Å². The summed E-state index contributed by atoms with van der Waals surface area (Å²) in [6, 6.07) is 26.6. The lowest BCUT2D eigenvalue weighted by molar-refractivity contribution is 0.645. The number of H-pyrrole nitrogens is 1. The number of nitrogens with zero attached hydrogens (tertiary/aromatic N) is 2. The molecule has 0 saturated carbocycles. The molecule has 3 aromatic carbocycles. The van der Waals surface area contributed by atoms with E-state index in [0.717, 1.165) is 13.1 Å². The molecule has 6 rings (SSSR count). The first kappa shape index (κ1) is 22.7. The number of benzene rings is 3. The highest BCUT2D eigenvalue weighted by Gasteiger charge is 2.27. The van der Waals surface area contributed by atoms with Gasteiger partial charge in [-0.05, 0) is 47.7 Å². The minimum Gasteiger partial charge on any atom is -0.361 e. The molecule has 0 atom stereocenters. The van der Waals surface area contributed by atoms with E-state index in [-0.39, 0.29) is 5.92 Å². The van der Waals surface area contributed by atoms with Gasteiger partial charge in [-0.25, -0.2) is 0 Å². The molecule has 3 heterocycles. The van der Waals surface area contributed by atoms with Crippen molar-refractivity contribution in [1.29, 1.82) is 0 Å². The second-order valence-corrected chi connectivity index (χ2v) is 10.0. The highest BCUT2D eigenvalue weighted by molar-refractivity contribution is 5.93. The van der Waals surface area contributed by atoms with E-state index in [1.165, 1.54) is 75.1 Å². The van der Waals surface area contributed by atoms with Crippen molar-refractivity contribution in [2.24, 2.45) is 0 Å². The summed E-state index contributed by atoms with van der Waals surface area (Å²) in [4.78, 5) is 3.57. The van der Waals surface area contributed by atoms with Crippen LogP contribution in [0.3, 0.4) is 0 Å². The van der Waals surface area contributed by atoms with E-state index in [4.69, 9.17) is 0 Å². The summed E-state index contributed by atoms with van der Waals surface area (Å²) in [5.74, 6) is 0.140. The van der Waals surface area contributed by atoms with Gasteiger partial charge in [-0.3, -0.25) is 0 Å². The predicted octanol–water partition coefficient (Wildman–Crippen LogP) is 8.86. The Kier molecular flexibility index (Phi) is 6.14. The molecule has 0 aliphatic carbocycles. The van der Waals surface area contributed by atoms with Gasteiger partial charge in [0.1, 0.15) is 0 Å². The molecule has 3 aromatic heterocycles. The molecule has 0 aliphatic rings. The SMILES string of the molecule is CCCCn1cc(C(c2c[nH]c3ccccc23)c2cn(CCCC)c3ccccc23)c2ccccc21. The van der Waals surface area contributed by atoms with Crippen molar-refractivity contribution in [1.82, 2.24) is 14.1 Å². The van der Waals surface area contributed by atoms with Crippen molar-refractivity contribution in [2.45, 2.75) is 58.5 Å². The second kappa shape index (κ2) is 9.73. The first-order valence-electron chi connectivity index (χ1n) is 13.5. The number of para-hydroxylation sites is 3. The standard InChI is InChI=1S/C33H35N3/c1-3-5-19-35-22-28(25-14-8-11-17-31(25)35)33(27-21-34-30-16-10-7-13-24(27)30)29-23-36(20-6-4-2)32-18-12-9-15-26(29)32/h7-18,21-23,33-34H,3-6,19-20H2,1-2H3. The quantitative estimate of drug-likeness (QED) is 0.217. The summed E-state index contributed by atoms with van der Waals surface area (Å²) >= 11 is 0. The van der Waals surface area contributed by atoms with Crippen molar-refractivity contribution < 1.29 is 0 Å². The maximum Gasteiger partial charge on any atom is 0.0483 e. The largest absolute Gasteiger partial charge is 0.361 e. The van der Waals surface area contributed by atoms with Crippen molar-refractivity contribution in [3.63, 3.8) is 0 Å². The second-order valence-electron chi connectivity index (χ2n) is 10.0. The molecule has 0 saturated heterocycles. The van der Waals surface area contributed by atoms with E-state index in [1.54, 1.807) is 0 Å². The zero-order valence-corrected chi connectivity index (χ0v) is 21.4. The molecule has 1 N–H and O–H groups in total. The van der Waals surface area contributed by atoms with Crippen LogP contribution in [0, 0.1) is 0 Å². The lowest BCUT2D eigenvalue weighted by Gasteiger charge is -2.17. The Morgan fingerprint density at radius 3 is 1.67 bits per heavy atom. The minimum atomic E-state index is 0.140. The Morgan fingerprint density at radius 1 is 0.611 bits per heavy atom. The van der Waals surface area contributed by atoms with Crippen LogP contribution in [0.1, 0.15) is 62.1 Å². The Morgan fingerprint density at radius 2 is 1.11 bits per heavy atom. The van der Waals surface area contributed by atoms with Gasteiger partial charge < -0.3 is 14.1 Å². The fourth-order valence-corrected chi connectivity index (χ4v) is 5.87. The van der Waals surface area contributed by atoms with E-state index in [1.807, 2.05) is 0 Å². The molecule has 6 aromatic rings. The molecule has 0 aliphatic heterocycles. The molecule has 0 fully saturated rings. The van der Waals surface area contributed by atoms with Gasteiger partial charge in [0.2, 0.25) is 0 Å². The predicted molar refractivity (Wildman–Crippen MR) is 153 cm³/mol. The third-order valence-corrected chi connectivity index (χ3v) is 7.70. The van der Waals surface area contributed by atoms with E-state index in [0.29, 0.717) is 0 Å². The molecule has 3 heteroatoms. The fourth-order valence-electron chi connectivity index (χ4n) is 5.87. The number of hydrogen-bond acceptors (Lipinski definition) is 0. The number of unbranched alkanes of at least 4 members (excludes halogenated alkanes) is 2. The summed E-state index contributed by atoms with van der Waals surface area (Å²) in [5.41, 5.74) is 8.00. The van der Waals surface area contributed by atoms with E-state index in [2.05, 4.69) is 119 Å². The summed E-state index contributed by atoms with van der Waals surface area (Å²) in [5, 5.41) is 4.02. The Bertz CT molecular complexity index is 1540. The number of aromatic nitrogens is 3. The van der Waals surface area contributed by atoms with Crippen molar-refractivity contribution >= 4 is 32.7 Å². The molecule has 3 nitrogen and oxygen atoms in total. The normalized spacial score (nSPS) is 12.0. The average molecular weight is 474 g/mol. The van der Waals surface area contributed by atoms with E-state index in [9.17, 15) is 0 Å². The van der Waals surface area contributed by atoms with Crippen LogP contribution in [0.25, 0.3) is 32.7 Å². The number of fused-ring (bicyclic) bond motifs is 3. The summed E-state index contributed by atoms with van der Waals surface area (Å²) in [6.45, 7) is 6.64. The topological polar surface area (TPSA) is 25.6 Å². The van der Waals surface area contributed by atoms with Crippen molar-refractivity contribution in [3.8, 4) is 0 Å². The van der Waals surface area contributed by atoms with Crippen LogP contribution in [0.15, 0.2) is 91.4 Å². The zero-order chi connectivity index (χ0) is 24.5. The molecular formula is C33H35N3. The third kappa shape index (κ3) is 3.83. The highest BCUT2D eigenvalue weighted by atomic mass is 15.0. The van der Waals surface area contributed by atoms with Gasteiger partial charge in [0, 0.05) is 70.3 Å². The van der Waals surface area contributed by atoms with Crippen LogP contribution < -0.4 is 0 Å². The average Bonchev–Trinajstić information content (AvgIpc) is 3.62. The molecular weight excluding hydrogens is 438 g/mol. The van der Waals surface area contributed by atoms with Crippen molar-refractivity contribution in [2.75, 3.05) is 0 Å². The molecule has 0 amide bonds. The summed E-state index contributed by atoms with van der Waals surface area (Å²) < 4.78 is 4.96. The van der Waals surface area contributed by atoms with Gasteiger partial charge >= 0.3 is 0 Å².